The van der Waals surface area contributed by atoms with Crippen LogP contribution in [0.1, 0.15) is 0 Å². The summed E-state index contributed by atoms with van der Waals surface area (Å²) in [5.41, 5.74) is 0.765. The number of nitrogens with one attached hydrogen (secondary N) is 1. The fourth-order valence-corrected chi connectivity index (χ4v) is 2.32. The summed E-state index contributed by atoms with van der Waals surface area (Å²) in [6, 6.07) is 18.1. The highest BCUT2D eigenvalue weighted by molar-refractivity contribution is 6.14. The van der Waals surface area contributed by atoms with Crippen molar-refractivity contribution in [2.45, 2.75) is 0 Å². The lowest BCUT2D eigenvalue weighted by molar-refractivity contribution is 0.187. The fourth-order valence-electron chi connectivity index (χ4n) is 2.32. The zero-order valence-corrected chi connectivity index (χ0v) is 10.5. The SMILES string of the molecule is COC(=O)Nc1cc2ccccc2c2ccccc12. The third-order valence-corrected chi connectivity index (χ3v) is 3.19. The van der Waals surface area contributed by atoms with Crippen molar-refractivity contribution < 1.29 is 9.53 Å². The van der Waals surface area contributed by atoms with Crippen LogP contribution in [0.25, 0.3) is 21.5 Å². The molecule has 94 valence electrons. The molecule has 1 amide bonds. The van der Waals surface area contributed by atoms with Crippen molar-refractivity contribution in [2.24, 2.45) is 0 Å². The Bertz CT molecular complexity index is 765. The minimum absolute atomic E-state index is 0.458. The van der Waals surface area contributed by atoms with Crippen LogP contribution in [0.15, 0.2) is 54.6 Å². The summed E-state index contributed by atoms with van der Waals surface area (Å²) in [6.45, 7) is 0. The summed E-state index contributed by atoms with van der Waals surface area (Å²) < 4.78 is 4.67. The maximum Gasteiger partial charge on any atom is 0.411 e. The van der Waals surface area contributed by atoms with Gasteiger partial charge in [-0.3, -0.25) is 5.32 Å². The van der Waals surface area contributed by atoms with E-state index in [-0.39, 0.29) is 0 Å². The molecule has 3 rings (SSSR count). The largest absolute Gasteiger partial charge is 0.453 e. The Labute approximate surface area is 110 Å². The van der Waals surface area contributed by atoms with Crippen LogP contribution >= 0.6 is 0 Å². The van der Waals surface area contributed by atoms with E-state index < -0.39 is 6.09 Å². The number of fused-ring (bicyclic) bond motifs is 3. The molecule has 0 fully saturated rings. The van der Waals surface area contributed by atoms with Gasteiger partial charge in [-0.05, 0) is 22.2 Å². The van der Waals surface area contributed by atoms with E-state index in [1.165, 1.54) is 12.5 Å². The zero-order valence-electron chi connectivity index (χ0n) is 10.5. The van der Waals surface area contributed by atoms with Crippen molar-refractivity contribution in [1.82, 2.24) is 0 Å². The van der Waals surface area contributed by atoms with Gasteiger partial charge in [0.25, 0.3) is 0 Å². The Kier molecular flexibility index (Phi) is 2.80. The molecule has 19 heavy (non-hydrogen) atoms. The minimum Gasteiger partial charge on any atom is -0.453 e. The van der Waals surface area contributed by atoms with Crippen molar-refractivity contribution in [2.75, 3.05) is 12.4 Å². The van der Waals surface area contributed by atoms with Gasteiger partial charge in [0.2, 0.25) is 0 Å². The molecule has 0 atom stereocenters. The summed E-state index contributed by atoms with van der Waals surface area (Å²) in [7, 11) is 1.36. The van der Waals surface area contributed by atoms with E-state index in [9.17, 15) is 4.79 Å². The van der Waals surface area contributed by atoms with E-state index in [0.717, 1.165) is 21.8 Å². The number of ether oxygens (including phenoxy) is 1. The van der Waals surface area contributed by atoms with Crippen LogP contribution in [0.4, 0.5) is 10.5 Å². The van der Waals surface area contributed by atoms with Crippen LogP contribution in [0, 0.1) is 0 Å². The lowest BCUT2D eigenvalue weighted by Crippen LogP contribution is -2.11. The lowest BCUT2D eigenvalue weighted by Gasteiger charge is -2.11. The molecule has 3 aromatic carbocycles. The quantitative estimate of drug-likeness (QED) is 0.659. The first-order valence-corrected chi connectivity index (χ1v) is 6.05. The summed E-state index contributed by atoms with van der Waals surface area (Å²) in [5.74, 6) is 0. The number of carbonyl (C=O) groups excluding carboxylic acids is 1. The molecular formula is C16H13NO2. The highest BCUT2D eigenvalue weighted by atomic mass is 16.5. The highest BCUT2D eigenvalue weighted by Gasteiger charge is 2.08. The Morgan fingerprint density at radius 2 is 1.58 bits per heavy atom. The van der Waals surface area contributed by atoms with Gasteiger partial charge in [-0.25, -0.2) is 4.79 Å². The molecule has 0 spiro atoms. The van der Waals surface area contributed by atoms with Crippen molar-refractivity contribution in [3.63, 3.8) is 0 Å². The van der Waals surface area contributed by atoms with Gasteiger partial charge in [-0.2, -0.15) is 0 Å². The molecule has 0 aromatic heterocycles. The van der Waals surface area contributed by atoms with E-state index in [2.05, 4.69) is 22.2 Å². The summed E-state index contributed by atoms with van der Waals surface area (Å²) in [5, 5.41) is 7.15. The molecule has 0 aliphatic rings. The molecular weight excluding hydrogens is 238 g/mol. The first-order chi connectivity index (χ1) is 9.29. The van der Waals surface area contributed by atoms with Gasteiger partial charge in [-0.1, -0.05) is 48.5 Å². The number of methoxy groups -OCH3 is 1. The monoisotopic (exact) mass is 251 g/mol. The van der Waals surface area contributed by atoms with E-state index in [1.54, 1.807) is 0 Å². The second kappa shape index (κ2) is 4.61. The number of hydrogen-bond donors (Lipinski definition) is 1. The number of benzene rings is 3. The average Bonchev–Trinajstić information content (AvgIpc) is 2.47. The first-order valence-electron chi connectivity index (χ1n) is 6.05. The van der Waals surface area contributed by atoms with Gasteiger partial charge in [0.15, 0.2) is 0 Å². The zero-order chi connectivity index (χ0) is 13.2. The maximum atomic E-state index is 11.4. The molecule has 0 saturated carbocycles. The summed E-state index contributed by atoms with van der Waals surface area (Å²) >= 11 is 0. The molecule has 0 aliphatic carbocycles. The van der Waals surface area contributed by atoms with Crippen molar-refractivity contribution >= 4 is 33.3 Å². The smallest absolute Gasteiger partial charge is 0.411 e. The van der Waals surface area contributed by atoms with E-state index in [0.29, 0.717) is 0 Å². The second-order valence-corrected chi connectivity index (χ2v) is 4.31. The van der Waals surface area contributed by atoms with Gasteiger partial charge in [0, 0.05) is 5.39 Å². The molecule has 3 nitrogen and oxygen atoms in total. The fraction of sp³-hybridized carbons (Fsp3) is 0.0625. The Morgan fingerprint density at radius 3 is 2.32 bits per heavy atom. The third kappa shape index (κ3) is 1.99. The molecule has 0 heterocycles. The second-order valence-electron chi connectivity index (χ2n) is 4.31. The van der Waals surface area contributed by atoms with E-state index in [1.807, 2.05) is 42.5 Å². The lowest BCUT2D eigenvalue weighted by atomic mass is 10.0. The Balaban J connectivity index is 2.32. The number of hydrogen-bond acceptors (Lipinski definition) is 2. The molecule has 3 heteroatoms. The molecule has 0 radical (unpaired) electrons. The van der Waals surface area contributed by atoms with Crippen LogP contribution in [0.3, 0.4) is 0 Å². The maximum absolute atomic E-state index is 11.4. The summed E-state index contributed by atoms with van der Waals surface area (Å²) in [4.78, 5) is 11.4. The third-order valence-electron chi connectivity index (χ3n) is 3.19. The Morgan fingerprint density at radius 1 is 0.947 bits per heavy atom. The van der Waals surface area contributed by atoms with Gasteiger partial charge >= 0.3 is 6.09 Å². The number of amides is 1. The van der Waals surface area contributed by atoms with Gasteiger partial charge in [-0.15, -0.1) is 0 Å². The van der Waals surface area contributed by atoms with Crippen molar-refractivity contribution in [3.8, 4) is 0 Å². The number of rotatable bonds is 1. The Hall–Kier alpha value is -2.55. The normalized spacial score (nSPS) is 10.6. The topological polar surface area (TPSA) is 38.3 Å². The van der Waals surface area contributed by atoms with Crippen LogP contribution in [-0.2, 0) is 4.74 Å². The predicted octanol–water partition coefficient (Wildman–Crippen LogP) is 4.17. The van der Waals surface area contributed by atoms with Crippen LogP contribution in [0.5, 0.6) is 0 Å². The molecule has 1 N–H and O–H groups in total. The van der Waals surface area contributed by atoms with Crippen LogP contribution in [-0.4, -0.2) is 13.2 Å². The van der Waals surface area contributed by atoms with E-state index >= 15 is 0 Å². The van der Waals surface area contributed by atoms with Gasteiger partial charge in [0.05, 0.1) is 12.8 Å². The van der Waals surface area contributed by atoms with Crippen molar-refractivity contribution in [1.29, 1.82) is 0 Å². The summed E-state index contributed by atoms with van der Waals surface area (Å²) in [6.07, 6.45) is -0.458. The van der Waals surface area contributed by atoms with Crippen LogP contribution in [0.2, 0.25) is 0 Å². The standard InChI is InChI=1S/C16H13NO2/c1-19-16(18)17-15-10-11-6-2-3-7-12(11)13-8-4-5-9-14(13)15/h2-10H,1H3,(H,17,18). The minimum atomic E-state index is -0.458. The van der Waals surface area contributed by atoms with E-state index in [4.69, 9.17) is 0 Å². The van der Waals surface area contributed by atoms with Crippen molar-refractivity contribution in [3.05, 3.63) is 54.6 Å². The molecule has 0 aliphatic heterocycles. The first kappa shape index (κ1) is 11.5. The molecule has 0 bridgehead atoms. The number of carbonyl (C=O) groups is 1. The molecule has 0 saturated heterocycles. The van der Waals surface area contributed by atoms with Crippen LogP contribution < -0.4 is 5.32 Å². The molecule has 0 unspecified atom stereocenters. The average molecular weight is 251 g/mol. The highest BCUT2D eigenvalue weighted by Crippen LogP contribution is 2.31. The van der Waals surface area contributed by atoms with Gasteiger partial charge in [0.1, 0.15) is 0 Å². The predicted molar refractivity (Wildman–Crippen MR) is 77.5 cm³/mol. The molecule has 3 aromatic rings. The number of anilines is 1. The van der Waals surface area contributed by atoms with Gasteiger partial charge < -0.3 is 4.74 Å².